The van der Waals surface area contributed by atoms with Crippen LogP contribution in [-0.4, -0.2) is 30.6 Å². The molecule has 12 heavy (non-hydrogen) atoms. The summed E-state index contributed by atoms with van der Waals surface area (Å²) in [5.74, 6) is 3.61. The summed E-state index contributed by atoms with van der Waals surface area (Å²) in [7, 11) is 0. The summed E-state index contributed by atoms with van der Waals surface area (Å²) in [6.07, 6.45) is 1.17. The van der Waals surface area contributed by atoms with Crippen molar-refractivity contribution in [2.75, 3.05) is 30.6 Å². The van der Waals surface area contributed by atoms with Crippen molar-refractivity contribution in [1.29, 1.82) is 0 Å². The molecule has 0 fully saturated rings. The molecule has 0 aromatic heterocycles. The first-order valence-electron chi connectivity index (χ1n) is 4.48. The zero-order valence-corrected chi connectivity index (χ0v) is 9.59. The molecule has 0 aliphatic carbocycles. The van der Waals surface area contributed by atoms with E-state index in [1.54, 1.807) is 0 Å². The van der Waals surface area contributed by atoms with Gasteiger partial charge >= 0.3 is 0 Å². The predicted molar refractivity (Wildman–Crippen MR) is 58.3 cm³/mol. The van der Waals surface area contributed by atoms with Crippen molar-refractivity contribution in [3.8, 4) is 0 Å². The molecule has 0 saturated heterocycles. The number of alkyl halides is 1. The first-order chi connectivity index (χ1) is 5.77. The lowest BCUT2D eigenvalue weighted by Gasteiger charge is -2.05. The highest BCUT2D eigenvalue weighted by molar-refractivity contribution is 7.99. The molecule has 0 saturated carbocycles. The van der Waals surface area contributed by atoms with Gasteiger partial charge in [0, 0.05) is 24.0 Å². The third-order valence-corrected chi connectivity index (χ3v) is 2.79. The topological polar surface area (TPSA) is 9.23 Å². The van der Waals surface area contributed by atoms with Gasteiger partial charge in [-0.05, 0) is 12.3 Å². The number of hydrogen-bond donors (Lipinski definition) is 0. The fourth-order valence-electron chi connectivity index (χ4n) is 0.696. The van der Waals surface area contributed by atoms with Crippen LogP contribution in [0.15, 0.2) is 0 Å². The molecule has 74 valence electrons. The highest BCUT2D eigenvalue weighted by Gasteiger charge is 1.93. The molecule has 0 amide bonds. The van der Waals surface area contributed by atoms with Gasteiger partial charge in [0.2, 0.25) is 0 Å². The van der Waals surface area contributed by atoms with E-state index in [1.165, 1.54) is 6.42 Å². The second-order valence-corrected chi connectivity index (χ2v) is 4.70. The molecule has 0 radical (unpaired) electrons. The maximum Gasteiger partial charge on any atom is 0.0556 e. The Kier molecular flexibility index (Phi) is 10.2. The van der Waals surface area contributed by atoms with Crippen LogP contribution in [0.1, 0.15) is 20.3 Å². The van der Waals surface area contributed by atoms with Gasteiger partial charge in [-0.3, -0.25) is 0 Å². The molecule has 0 atom stereocenters. The van der Waals surface area contributed by atoms with Crippen LogP contribution in [-0.2, 0) is 4.74 Å². The lowest BCUT2D eigenvalue weighted by Crippen LogP contribution is -2.02. The number of ether oxygens (including phenoxy) is 1. The molecular weight excluding hydrogens is 192 g/mol. The fraction of sp³-hybridized carbons (Fsp3) is 1.00. The van der Waals surface area contributed by atoms with E-state index in [1.807, 2.05) is 11.8 Å². The Morgan fingerprint density at radius 3 is 2.58 bits per heavy atom. The van der Waals surface area contributed by atoms with Crippen LogP contribution < -0.4 is 0 Å². The highest BCUT2D eigenvalue weighted by Crippen LogP contribution is 2.02. The molecule has 0 N–H and O–H groups in total. The minimum absolute atomic E-state index is 0.747. The van der Waals surface area contributed by atoms with Gasteiger partial charge in [0.15, 0.2) is 0 Å². The van der Waals surface area contributed by atoms with E-state index in [9.17, 15) is 0 Å². The fourth-order valence-corrected chi connectivity index (χ4v) is 1.57. The Balaban J connectivity index is 2.82. The van der Waals surface area contributed by atoms with Crippen LogP contribution >= 0.6 is 23.4 Å². The molecule has 0 spiro atoms. The Hall–Kier alpha value is 0.600. The van der Waals surface area contributed by atoms with Crippen molar-refractivity contribution >= 4 is 23.4 Å². The summed E-state index contributed by atoms with van der Waals surface area (Å²) in [6.45, 7) is 6.20. The molecule has 0 aromatic carbocycles. The zero-order valence-electron chi connectivity index (χ0n) is 8.01. The summed E-state index contributed by atoms with van der Waals surface area (Å²) in [4.78, 5) is 0. The number of thioether (sulfide) groups is 1. The highest BCUT2D eigenvalue weighted by atomic mass is 35.5. The van der Waals surface area contributed by atoms with E-state index in [0.717, 1.165) is 36.5 Å². The first-order valence-corrected chi connectivity index (χ1v) is 6.17. The molecular formula is C9H19ClOS. The van der Waals surface area contributed by atoms with Crippen molar-refractivity contribution in [2.45, 2.75) is 20.3 Å². The summed E-state index contributed by atoms with van der Waals surface area (Å²) in [6, 6.07) is 0. The van der Waals surface area contributed by atoms with Crippen LogP contribution in [0, 0.1) is 5.92 Å². The van der Waals surface area contributed by atoms with Gasteiger partial charge in [-0.15, -0.1) is 11.6 Å². The molecule has 0 aliphatic heterocycles. The third kappa shape index (κ3) is 10.6. The molecule has 0 heterocycles. The van der Waals surface area contributed by atoms with Crippen molar-refractivity contribution in [1.82, 2.24) is 0 Å². The van der Waals surface area contributed by atoms with Crippen LogP contribution in [0.3, 0.4) is 0 Å². The van der Waals surface area contributed by atoms with Crippen molar-refractivity contribution in [3.63, 3.8) is 0 Å². The standard InChI is InChI=1S/C9H19ClOS/c1-9(2)3-5-11-6-8-12-7-4-10/h9H,3-8H2,1-2H3. The van der Waals surface area contributed by atoms with E-state index >= 15 is 0 Å². The van der Waals surface area contributed by atoms with Crippen molar-refractivity contribution < 1.29 is 4.74 Å². The Morgan fingerprint density at radius 1 is 1.25 bits per heavy atom. The second kappa shape index (κ2) is 9.69. The van der Waals surface area contributed by atoms with Gasteiger partial charge in [0.25, 0.3) is 0 Å². The second-order valence-electron chi connectivity index (χ2n) is 3.10. The van der Waals surface area contributed by atoms with Crippen LogP contribution in [0.25, 0.3) is 0 Å². The van der Waals surface area contributed by atoms with Crippen LogP contribution in [0.4, 0.5) is 0 Å². The van der Waals surface area contributed by atoms with E-state index < -0.39 is 0 Å². The summed E-state index contributed by atoms with van der Waals surface area (Å²) in [5, 5.41) is 0. The van der Waals surface area contributed by atoms with Gasteiger partial charge < -0.3 is 4.74 Å². The van der Waals surface area contributed by atoms with Gasteiger partial charge in [0.1, 0.15) is 0 Å². The predicted octanol–water partition coefficient (Wildman–Crippen LogP) is 3.02. The number of rotatable bonds is 8. The third-order valence-electron chi connectivity index (χ3n) is 1.43. The Bertz CT molecular complexity index is 88.6. The van der Waals surface area contributed by atoms with Gasteiger partial charge in [-0.25, -0.2) is 0 Å². The van der Waals surface area contributed by atoms with E-state index in [2.05, 4.69) is 13.8 Å². The largest absolute Gasteiger partial charge is 0.381 e. The average Bonchev–Trinajstić information content (AvgIpc) is 2.02. The van der Waals surface area contributed by atoms with Gasteiger partial charge in [-0.2, -0.15) is 11.8 Å². The Morgan fingerprint density at radius 2 is 2.00 bits per heavy atom. The first kappa shape index (κ1) is 12.6. The van der Waals surface area contributed by atoms with Crippen LogP contribution in [0.5, 0.6) is 0 Å². The minimum Gasteiger partial charge on any atom is -0.381 e. The maximum atomic E-state index is 5.52. The van der Waals surface area contributed by atoms with E-state index in [-0.39, 0.29) is 0 Å². The monoisotopic (exact) mass is 210 g/mol. The molecule has 3 heteroatoms. The summed E-state index contributed by atoms with van der Waals surface area (Å²) >= 11 is 7.38. The number of halogens is 1. The molecule has 1 nitrogen and oxygen atoms in total. The lowest BCUT2D eigenvalue weighted by atomic mass is 10.1. The molecule has 0 rings (SSSR count). The van der Waals surface area contributed by atoms with Crippen molar-refractivity contribution in [3.05, 3.63) is 0 Å². The van der Waals surface area contributed by atoms with Crippen LogP contribution in [0.2, 0.25) is 0 Å². The summed E-state index contributed by atoms with van der Waals surface area (Å²) in [5.41, 5.74) is 0. The smallest absolute Gasteiger partial charge is 0.0556 e. The van der Waals surface area contributed by atoms with Gasteiger partial charge in [-0.1, -0.05) is 13.8 Å². The molecule has 0 unspecified atom stereocenters. The zero-order chi connectivity index (χ0) is 9.23. The van der Waals surface area contributed by atoms with E-state index in [4.69, 9.17) is 16.3 Å². The van der Waals surface area contributed by atoms with E-state index in [0.29, 0.717) is 0 Å². The van der Waals surface area contributed by atoms with Crippen molar-refractivity contribution in [2.24, 2.45) is 5.92 Å². The average molecular weight is 211 g/mol. The SMILES string of the molecule is CC(C)CCOCCSCCCl. The lowest BCUT2D eigenvalue weighted by molar-refractivity contribution is 0.138. The normalized spacial score (nSPS) is 11.0. The summed E-state index contributed by atoms with van der Waals surface area (Å²) < 4.78 is 5.43. The Labute approximate surface area is 85.2 Å². The van der Waals surface area contributed by atoms with Gasteiger partial charge in [0.05, 0.1) is 6.61 Å². The quantitative estimate of drug-likeness (QED) is 0.450. The maximum absolute atomic E-state index is 5.52. The minimum atomic E-state index is 0.747. The molecule has 0 bridgehead atoms. The number of hydrogen-bond acceptors (Lipinski definition) is 2. The molecule has 0 aromatic rings. The molecule has 0 aliphatic rings.